The number of fused-ring (bicyclic) bond motifs is 2. The van der Waals surface area contributed by atoms with Gasteiger partial charge in [-0.15, -0.1) is 0 Å². The molecule has 1 aliphatic heterocycles. The van der Waals surface area contributed by atoms with Gasteiger partial charge in [-0.1, -0.05) is 97.8 Å². The maximum absolute atomic E-state index is 12.2. The number of carbonyl (C=O) groups is 2. The van der Waals surface area contributed by atoms with Crippen LogP contribution in [-0.2, 0) is 0 Å². The highest BCUT2D eigenvalue weighted by Gasteiger charge is 2.38. The van der Waals surface area contributed by atoms with Gasteiger partial charge < -0.3 is 10.2 Å². The van der Waals surface area contributed by atoms with Crippen LogP contribution in [0.25, 0.3) is 5.57 Å². The molecule has 0 saturated heterocycles. The van der Waals surface area contributed by atoms with E-state index in [0.29, 0.717) is 16.6 Å². The zero-order chi connectivity index (χ0) is 24.0. The lowest BCUT2D eigenvalue weighted by Crippen LogP contribution is -2.59. The number of hydrogen-bond donors (Lipinski definition) is 2. The van der Waals surface area contributed by atoms with Crippen LogP contribution in [0.4, 0.5) is 0 Å². The normalized spacial score (nSPS) is 14.6. The van der Waals surface area contributed by atoms with E-state index in [1.54, 1.807) is 13.0 Å². The van der Waals surface area contributed by atoms with Crippen LogP contribution in [0.5, 0.6) is 0 Å². The molecule has 1 heterocycles. The molecule has 3 aromatic rings. The number of hydrogen-bond acceptors (Lipinski definition) is 2. The van der Waals surface area contributed by atoms with E-state index in [0.717, 1.165) is 10.9 Å². The number of carboxylic acid groups (broad SMARTS) is 2. The highest BCUT2D eigenvalue weighted by Crippen LogP contribution is 2.30. The molecule has 0 saturated carbocycles. The fourth-order valence-electron chi connectivity index (χ4n) is 5.29. The Morgan fingerprint density at radius 1 is 0.939 bits per heavy atom. The Bertz CT molecular complexity index is 1310. The summed E-state index contributed by atoms with van der Waals surface area (Å²) in [6, 6.07) is 17.4. The second-order valence-corrected chi connectivity index (χ2v) is 9.17. The smallest absolute Gasteiger partial charge is 0.336 e. The van der Waals surface area contributed by atoms with Crippen molar-refractivity contribution in [2.45, 2.75) is 39.5 Å². The number of allylic oxidation sites excluding steroid dienone is 1. The summed E-state index contributed by atoms with van der Waals surface area (Å²) >= 11 is 0. The first-order valence-electron chi connectivity index (χ1n) is 11.1. The van der Waals surface area contributed by atoms with Crippen molar-refractivity contribution in [3.05, 3.63) is 94.6 Å². The Hall–Kier alpha value is -3.60. The Morgan fingerprint density at radius 3 is 2.21 bits per heavy atom. The third kappa shape index (κ3) is 3.68. The van der Waals surface area contributed by atoms with E-state index in [9.17, 15) is 19.8 Å². The fourth-order valence-corrected chi connectivity index (χ4v) is 5.29. The van der Waals surface area contributed by atoms with Gasteiger partial charge in [0.05, 0.1) is 11.1 Å². The predicted octanol–water partition coefficient (Wildman–Crippen LogP) is 4.22. The van der Waals surface area contributed by atoms with Crippen molar-refractivity contribution in [3.63, 3.8) is 0 Å². The molecular formula is C28H27BO4. The largest absolute Gasteiger partial charge is 0.478 e. The van der Waals surface area contributed by atoms with Crippen LogP contribution in [0.15, 0.2) is 61.2 Å². The summed E-state index contributed by atoms with van der Waals surface area (Å²) < 4.78 is 0. The quantitative estimate of drug-likeness (QED) is 0.585. The first-order chi connectivity index (χ1) is 15.6. The molecule has 1 atom stereocenters. The van der Waals surface area contributed by atoms with Crippen LogP contribution in [0.2, 0.25) is 0 Å². The molecule has 0 fully saturated rings. The van der Waals surface area contributed by atoms with E-state index >= 15 is 0 Å². The molecule has 0 bridgehead atoms. The molecule has 5 heteroatoms. The minimum atomic E-state index is -1.16. The number of aromatic carboxylic acids is 2. The lowest BCUT2D eigenvalue weighted by atomic mass is 9.31. The lowest BCUT2D eigenvalue weighted by Gasteiger charge is -2.35. The van der Waals surface area contributed by atoms with Crippen molar-refractivity contribution in [3.8, 4) is 0 Å². The van der Waals surface area contributed by atoms with E-state index in [4.69, 9.17) is 0 Å². The third-order valence-electron chi connectivity index (χ3n) is 6.71. The van der Waals surface area contributed by atoms with Crippen LogP contribution >= 0.6 is 0 Å². The number of benzene rings is 3. The summed E-state index contributed by atoms with van der Waals surface area (Å²) in [6.07, 6.45) is 0. The van der Waals surface area contributed by atoms with Gasteiger partial charge in [-0.3, -0.25) is 0 Å². The van der Waals surface area contributed by atoms with Crippen molar-refractivity contribution in [2.75, 3.05) is 0 Å². The standard InChI is InChI=1S/C28H27BO4/c1-15(2)19-10-8-11-21-17(5)20-9-6-7-12-23(20)29(26(19)21)24-14-18(27(30)31)13-22(28(32)33)25(24)16(3)4/h6-15,17H,3H2,1-2,4-5H3,(H,30,31)(H,32,33). The molecule has 0 spiro atoms. The molecule has 0 aliphatic carbocycles. The highest BCUT2D eigenvalue weighted by molar-refractivity contribution is 6.97. The van der Waals surface area contributed by atoms with E-state index in [1.807, 2.05) is 12.1 Å². The second kappa shape index (κ2) is 8.40. The fraction of sp³-hybridized carbons (Fsp3) is 0.214. The summed E-state index contributed by atoms with van der Waals surface area (Å²) in [5, 5.41) is 19.8. The van der Waals surface area contributed by atoms with Crippen LogP contribution in [-0.4, -0.2) is 28.9 Å². The van der Waals surface area contributed by atoms with Gasteiger partial charge in [0, 0.05) is 5.92 Å². The molecule has 4 rings (SSSR count). The summed E-state index contributed by atoms with van der Waals surface area (Å²) in [7, 11) is 0. The summed E-state index contributed by atoms with van der Waals surface area (Å²) in [4.78, 5) is 24.2. The Labute approximate surface area is 194 Å². The molecule has 2 N–H and O–H groups in total. The van der Waals surface area contributed by atoms with Crippen LogP contribution in [0, 0.1) is 0 Å². The number of rotatable bonds is 5. The van der Waals surface area contributed by atoms with E-state index in [2.05, 4.69) is 57.7 Å². The summed E-state index contributed by atoms with van der Waals surface area (Å²) in [5.74, 6) is -1.90. The first-order valence-corrected chi connectivity index (χ1v) is 11.1. The van der Waals surface area contributed by atoms with Crippen molar-refractivity contribution in [2.24, 2.45) is 0 Å². The van der Waals surface area contributed by atoms with Gasteiger partial charge in [-0.2, -0.15) is 0 Å². The maximum Gasteiger partial charge on any atom is 0.336 e. The zero-order valence-electron chi connectivity index (χ0n) is 19.3. The van der Waals surface area contributed by atoms with Crippen molar-refractivity contribution in [1.29, 1.82) is 0 Å². The Balaban J connectivity index is 2.19. The van der Waals surface area contributed by atoms with Gasteiger partial charge in [0.15, 0.2) is 0 Å². The average molecular weight is 438 g/mol. The average Bonchev–Trinajstić information content (AvgIpc) is 2.78. The number of carboxylic acids is 2. The Kier molecular flexibility index (Phi) is 5.75. The summed E-state index contributed by atoms with van der Waals surface area (Å²) in [6.45, 7) is 12.0. The maximum atomic E-state index is 12.2. The Morgan fingerprint density at radius 2 is 1.61 bits per heavy atom. The van der Waals surface area contributed by atoms with Crippen LogP contribution < -0.4 is 16.4 Å². The SMILES string of the molecule is C=C(C)c1c(B2c3ccccc3C(C)c3cccc(C(C)C)c32)cc(C(=O)O)cc1C(=O)O. The van der Waals surface area contributed by atoms with Gasteiger partial charge >= 0.3 is 11.9 Å². The minimum absolute atomic E-state index is 0.0305. The van der Waals surface area contributed by atoms with Gasteiger partial charge in [-0.05, 0) is 41.2 Å². The van der Waals surface area contributed by atoms with Gasteiger partial charge in [0.1, 0.15) is 0 Å². The molecular weight excluding hydrogens is 411 g/mol. The summed E-state index contributed by atoms with van der Waals surface area (Å²) in [5.41, 5.74) is 7.47. The zero-order valence-corrected chi connectivity index (χ0v) is 19.3. The lowest BCUT2D eigenvalue weighted by molar-refractivity contribution is 0.0695. The van der Waals surface area contributed by atoms with Gasteiger partial charge in [0.25, 0.3) is 0 Å². The highest BCUT2D eigenvalue weighted by atomic mass is 16.4. The molecule has 3 aromatic carbocycles. The van der Waals surface area contributed by atoms with E-state index in [1.165, 1.54) is 22.8 Å². The molecule has 0 radical (unpaired) electrons. The monoisotopic (exact) mass is 438 g/mol. The van der Waals surface area contributed by atoms with Crippen LogP contribution in [0.1, 0.15) is 82.5 Å². The minimum Gasteiger partial charge on any atom is -0.478 e. The molecule has 4 nitrogen and oxygen atoms in total. The first kappa shape index (κ1) is 22.6. The molecule has 1 aliphatic rings. The molecule has 0 aromatic heterocycles. The van der Waals surface area contributed by atoms with Crippen molar-refractivity contribution in [1.82, 2.24) is 0 Å². The third-order valence-corrected chi connectivity index (χ3v) is 6.71. The van der Waals surface area contributed by atoms with Gasteiger partial charge in [0.2, 0.25) is 6.71 Å². The molecule has 0 amide bonds. The van der Waals surface area contributed by atoms with E-state index < -0.39 is 11.9 Å². The van der Waals surface area contributed by atoms with Gasteiger partial charge in [-0.25, -0.2) is 9.59 Å². The molecule has 166 valence electrons. The van der Waals surface area contributed by atoms with Crippen molar-refractivity contribution >= 4 is 40.6 Å². The topological polar surface area (TPSA) is 74.6 Å². The molecule has 1 unspecified atom stereocenters. The second-order valence-electron chi connectivity index (χ2n) is 9.17. The molecule has 33 heavy (non-hydrogen) atoms. The predicted molar refractivity (Wildman–Crippen MR) is 134 cm³/mol. The van der Waals surface area contributed by atoms with Crippen molar-refractivity contribution < 1.29 is 19.8 Å². The van der Waals surface area contributed by atoms with E-state index in [-0.39, 0.29) is 29.7 Å². The van der Waals surface area contributed by atoms with Crippen LogP contribution in [0.3, 0.4) is 0 Å².